The monoisotopic (exact) mass is 366 g/mol. The third-order valence-electron chi connectivity index (χ3n) is 2.95. The summed E-state index contributed by atoms with van der Waals surface area (Å²) in [4.78, 5) is 10.2. The second kappa shape index (κ2) is 10.7. The van der Waals surface area contributed by atoms with E-state index in [0.29, 0.717) is 0 Å². The Kier molecular flexibility index (Phi) is 8.88. The lowest BCUT2D eigenvalue weighted by Crippen LogP contribution is -2.13. The predicted octanol–water partition coefficient (Wildman–Crippen LogP) is 4.69. The Morgan fingerprint density at radius 1 is 0.917 bits per heavy atom. The zero-order chi connectivity index (χ0) is 17.9. The van der Waals surface area contributed by atoms with Crippen molar-refractivity contribution in [2.75, 3.05) is 10.6 Å². The molecule has 0 aliphatic rings. The molecule has 1 rings (SSSR count). The van der Waals surface area contributed by atoms with E-state index in [0.717, 1.165) is 35.6 Å². The molecular weight excluding hydrogens is 344 g/mol. The van der Waals surface area contributed by atoms with E-state index < -0.39 is 0 Å². The average molecular weight is 367 g/mol. The molecule has 0 aromatic heterocycles. The van der Waals surface area contributed by atoms with Crippen molar-refractivity contribution >= 4 is 57.6 Å². The van der Waals surface area contributed by atoms with Gasteiger partial charge in [0.05, 0.1) is 11.4 Å². The number of anilines is 2. The van der Waals surface area contributed by atoms with Gasteiger partial charge in [0, 0.05) is 11.4 Å². The predicted molar refractivity (Wildman–Crippen MR) is 108 cm³/mol. The van der Waals surface area contributed by atoms with E-state index in [2.05, 4.69) is 20.9 Å². The second-order valence-electron chi connectivity index (χ2n) is 4.95. The first kappa shape index (κ1) is 20.0. The van der Waals surface area contributed by atoms with Crippen LogP contribution in [0, 0.1) is 0 Å². The minimum Gasteiger partial charge on any atom is -0.326 e. The number of oxime groups is 2. The Labute approximate surface area is 153 Å². The molecule has 24 heavy (non-hydrogen) atoms. The van der Waals surface area contributed by atoms with E-state index in [1.807, 2.05) is 52.0 Å². The van der Waals surface area contributed by atoms with E-state index in [-0.39, 0.29) is 10.3 Å². The summed E-state index contributed by atoms with van der Waals surface area (Å²) in [5.74, 6) is 0. The first-order valence-corrected chi connectivity index (χ1v) is 8.39. The number of thiocarbonyl (C=S) groups is 2. The molecular formula is C16H22N4O2S2. The Bertz CT molecular complexity index is 593. The van der Waals surface area contributed by atoms with Gasteiger partial charge in [0.15, 0.2) is 0 Å². The van der Waals surface area contributed by atoms with Crippen LogP contribution in [0.4, 0.5) is 11.4 Å². The van der Waals surface area contributed by atoms with E-state index in [1.54, 1.807) is 0 Å². The molecule has 0 aliphatic heterocycles. The largest absolute Gasteiger partial charge is 0.326 e. The summed E-state index contributed by atoms with van der Waals surface area (Å²) >= 11 is 10.2. The number of hydrogen-bond donors (Lipinski definition) is 2. The van der Waals surface area contributed by atoms with Crippen molar-refractivity contribution in [2.45, 2.75) is 40.5 Å². The zero-order valence-corrected chi connectivity index (χ0v) is 15.9. The minimum absolute atomic E-state index is 0.168. The fourth-order valence-electron chi connectivity index (χ4n) is 1.32. The molecule has 0 spiro atoms. The van der Waals surface area contributed by atoms with E-state index in [1.165, 1.54) is 0 Å². The topological polar surface area (TPSA) is 67.2 Å². The molecule has 0 saturated carbocycles. The summed E-state index contributed by atoms with van der Waals surface area (Å²) < 4.78 is 0. The maximum atomic E-state index is 5.12. The third-order valence-corrected chi connectivity index (χ3v) is 3.30. The third kappa shape index (κ3) is 7.98. The molecule has 130 valence electrons. The number of nitrogens with zero attached hydrogens (tertiary/aromatic N) is 2. The summed E-state index contributed by atoms with van der Waals surface area (Å²) in [6.07, 6.45) is 1.61. The van der Waals surface area contributed by atoms with Crippen LogP contribution in [-0.4, -0.2) is 21.8 Å². The lowest BCUT2D eigenvalue weighted by molar-refractivity contribution is 0.335. The lowest BCUT2D eigenvalue weighted by atomic mass is 10.3. The summed E-state index contributed by atoms with van der Waals surface area (Å²) in [5.41, 5.74) is 3.20. The first-order valence-electron chi connectivity index (χ1n) is 7.57. The maximum Gasteiger partial charge on any atom is 0.293 e. The molecule has 0 fully saturated rings. The first-order chi connectivity index (χ1) is 11.4. The molecule has 0 amide bonds. The molecule has 1 aromatic rings. The highest BCUT2D eigenvalue weighted by Crippen LogP contribution is 2.16. The number of rotatable bonds is 6. The molecule has 1 aromatic carbocycles. The molecule has 0 radical (unpaired) electrons. The highest BCUT2D eigenvalue weighted by atomic mass is 32.1. The highest BCUT2D eigenvalue weighted by molar-refractivity contribution is 7.80. The fraction of sp³-hybridized carbons (Fsp3) is 0.375. The van der Waals surface area contributed by atoms with Crippen LogP contribution < -0.4 is 10.6 Å². The maximum absolute atomic E-state index is 5.12. The van der Waals surface area contributed by atoms with Crippen molar-refractivity contribution in [3.63, 3.8) is 0 Å². The van der Waals surface area contributed by atoms with E-state index >= 15 is 0 Å². The highest BCUT2D eigenvalue weighted by Gasteiger charge is 2.03. The molecule has 0 atom stereocenters. The van der Waals surface area contributed by atoms with Crippen LogP contribution in [0.1, 0.15) is 40.5 Å². The van der Waals surface area contributed by atoms with Gasteiger partial charge in [-0.3, -0.25) is 0 Å². The van der Waals surface area contributed by atoms with Gasteiger partial charge in [0.1, 0.15) is 0 Å². The quantitative estimate of drug-likeness (QED) is 0.433. The SMILES string of the molecule is CCC(C)=NOC(=S)Nc1cccc(NC(=S)ON=C(C)CC)c1. The number of hydrogen-bond acceptors (Lipinski definition) is 6. The molecule has 0 aliphatic carbocycles. The van der Waals surface area contributed by atoms with Crippen LogP contribution >= 0.6 is 24.4 Å². The Balaban J connectivity index is 2.60. The average Bonchev–Trinajstić information content (AvgIpc) is 2.57. The van der Waals surface area contributed by atoms with Crippen LogP contribution in [0.5, 0.6) is 0 Å². The molecule has 0 bridgehead atoms. The number of benzene rings is 1. The van der Waals surface area contributed by atoms with Gasteiger partial charge in [-0.1, -0.05) is 30.2 Å². The van der Waals surface area contributed by atoms with Gasteiger partial charge < -0.3 is 20.3 Å². The molecule has 8 heteroatoms. The Morgan fingerprint density at radius 3 is 1.71 bits per heavy atom. The summed E-state index contributed by atoms with van der Waals surface area (Å²) in [6.45, 7) is 7.73. The summed E-state index contributed by atoms with van der Waals surface area (Å²) in [5, 5.41) is 14.0. The normalized spacial score (nSPS) is 11.7. The molecule has 6 nitrogen and oxygen atoms in total. The molecule has 0 heterocycles. The van der Waals surface area contributed by atoms with Crippen LogP contribution in [0.25, 0.3) is 0 Å². The van der Waals surface area contributed by atoms with Gasteiger partial charge in [-0.05, 0) is 69.3 Å². The van der Waals surface area contributed by atoms with Crippen molar-refractivity contribution in [2.24, 2.45) is 10.3 Å². The van der Waals surface area contributed by atoms with Gasteiger partial charge in [0.2, 0.25) is 0 Å². The van der Waals surface area contributed by atoms with Gasteiger partial charge in [-0.25, -0.2) is 0 Å². The van der Waals surface area contributed by atoms with Gasteiger partial charge >= 0.3 is 0 Å². The summed E-state index contributed by atoms with van der Waals surface area (Å²) in [7, 11) is 0. The van der Waals surface area contributed by atoms with Crippen LogP contribution in [-0.2, 0) is 9.68 Å². The Hall–Kier alpha value is -2.06. The molecule has 0 saturated heterocycles. The van der Waals surface area contributed by atoms with Crippen molar-refractivity contribution in [3.05, 3.63) is 24.3 Å². The Morgan fingerprint density at radius 2 is 1.33 bits per heavy atom. The minimum atomic E-state index is 0.168. The van der Waals surface area contributed by atoms with Crippen molar-refractivity contribution in [3.8, 4) is 0 Å². The zero-order valence-electron chi connectivity index (χ0n) is 14.3. The van der Waals surface area contributed by atoms with Gasteiger partial charge in [-0.15, -0.1) is 0 Å². The smallest absolute Gasteiger partial charge is 0.293 e. The van der Waals surface area contributed by atoms with E-state index in [4.69, 9.17) is 34.1 Å². The van der Waals surface area contributed by atoms with Crippen LogP contribution in [0.3, 0.4) is 0 Å². The number of nitrogens with one attached hydrogen (secondary N) is 2. The van der Waals surface area contributed by atoms with E-state index in [9.17, 15) is 0 Å². The van der Waals surface area contributed by atoms with Crippen molar-refractivity contribution < 1.29 is 9.68 Å². The lowest BCUT2D eigenvalue weighted by Gasteiger charge is -2.09. The molecule has 2 N–H and O–H groups in total. The van der Waals surface area contributed by atoms with Crippen molar-refractivity contribution in [1.82, 2.24) is 0 Å². The standard InChI is InChI=1S/C16H22N4O2S2/c1-5-11(3)19-21-15(23)17-13-8-7-9-14(10-13)18-16(24)22-20-12(4)6-2/h7-10H,5-6H2,1-4H3,(H,17,23)(H,18,24). The second-order valence-corrected chi connectivity index (χ2v) is 5.69. The van der Waals surface area contributed by atoms with Crippen LogP contribution in [0.15, 0.2) is 34.6 Å². The van der Waals surface area contributed by atoms with Crippen LogP contribution in [0.2, 0.25) is 0 Å². The van der Waals surface area contributed by atoms with Crippen molar-refractivity contribution in [1.29, 1.82) is 0 Å². The fourth-order valence-corrected chi connectivity index (χ4v) is 1.63. The molecule has 0 unspecified atom stereocenters. The summed E-state index contributed by atoms with van der Waals surface area (Å²) in [6, 6.07) is 7.36. The van der Waals surface area contributed by atoms with Gasteiger partial charge in [0.25, 0.3) is 10.3 Å². The van der Waals surface area contributed by atoms with Gasteiger partial charge in [-0.2, -0.15) is 0 Å².